The second-order valence-corrected chi connectivity index (χ2v) is 5.99. The molecule has 1 aromatic heterocycles. The van der Waals surface area contributed by atoms with Gasteiger partial charge < -0.3 is 21.1 Å². The maximum atomic E-state index is 6.20. The van der Waals surface area contributed by atoms with Crippen molar-refractivity contribution in [3.05, 3.63) is 6.33 Å². The summed E-state index contributed by atoms with van der Waals surface area (Å²) in [5, 5.41) is 6.77. The van der Waals surface area contributed by atoms with Crippen LogP contribution in [0.2, 0.25) is 0 Å². The zero-order chi connectivity index (χ0) is 15.2. The minimum Gasteiger partial charge on any atom is -0.393 e. The number of rotatable bonds is 6. The average molecular weight is 306 g/mol. The molecule has 0 atom stereocenters. The standard InChI is InChI=1S/C15H26N6O/c16-13-14(17-5-6-21-7-9-22-10-8-21)18-11-19-15(13)20-12-3-1-2-4-12/h11-12H,1-10,16H2,(H2,17,18,19,20). The molecule has 1 saturated carbocycles. The molecule has 7 nitrogen and oxygen atoms in total. The van der Waals surface area contributed by atoms with Crippen molar-refractivity contribution in [2.24, 2.45) is 0 Å². The minimum atomic E-state index is 0.499. The third-order valence-electron chi connectivity index (χ3n) is 4.40. The van der Waals surface area contributed by atoms with E-state index in [0.717, 1.165) is 51.0 Å². The van der Waals surface area contributed by atoms with Crippen molar-refractivity contribution >= 4 is 17.3 Å². The van der Waals surface area contributed by atoms with E-state index in [4.69, 9.17) is 10.5 Å². The molecule has 2 heterocycles. The van der Waals surface area contributed by atoms with Gasteiger partial charge in [-0.05, 0) is 12.8 Å². The Balaban J connectivity index is 1.51. The molecule has 0 aromatic carbocycles. The Morgan fingerprint density at radius 1 is 1.18 bits per heavy atom. The number of ether oxygens (including phenoxy) is 1. The first-order valence-corrected chi connectivity index (χ1v) is 8.24. The number of morpholine rings is 1. The molecule has 1 aliphatic heterocycles. The van der Waals surface area contributed by atoms with Gasteiger partial charge in [-0.25, -0.2) is 9.97 Å². The maximum Gasteiger partial charge on any atom is 0.155 e. The molecule has 0 unspecified atom stereocenters. The fourth-order valence-corrected chi connectivity index (χ4v) is 3.07. The second-order valence-electron chi connectivity index (χ2n) is 5.99. The van der Waals surface area contributed by atoms with E-state index in [1.165, 1.54) is 25.7 Å². The quantitative estimate of drug-likeness (QED) is 0.726. The predicted molar refractivity (Wildman–Crippen MR) is 88.1 cm³/mol. The summed E-state index contributed by atoms with van der Waals surface area (Å²) in [5.41, 5.74) is 6.82. The van der Waals surface area contributed by atoms with Crippen LogP contribution in [0, 0.1) is 0 Å². The van der Waals surface area contributed by atoms with Gasteiger partial charge in [-0.1, -0.05) is 12.8 Å². The van der Waals surface area contributed by atoms with E-state index < -0.39 is 0 Å². The molecule has 0 bridgehead atoms. The van der Waals surface area contributed by atoms with Gasteiger partial charge >= 0.3 is 0 Å². The Bertz CT molecular complexity index is 471. The van der Waals surface area contributed by atoms with Gasteiger partial charge in [-0.15, -0.1) is 0 Å². The van der Waals surface area contributed by atoms with Crippen molar-refractivity contribution in [1.29, 1.82) is 0 Å². The first kappa shape index (κ1) is 15.3. The van der Waals surface area contributed by atoms with E-state index in [9.17, 15) is 0 Å². The summed E-state index contributed by atoms with van der Waals surface area (Å²) in [5.74, 6) is 1.49. The number of anilines is 3. The molecule has 0 amide bonds. The lowest BCUT2D eigenvalue weighted by Gasteiger charge is -2.26. The van der Waals surface area contributed by atoms with Crippen LogP contribution in [0.1, 0.15) is 25.7 Å². The summed E-state index contributed by atoms with van der Waals surface area (Å²) < 4.78 is 5.35. The fourth-order valence-electron chi connectivity index (χ4n) is 3.07. The number of hydrogen-bond donors (Lipinski definition) is 3. The lowest BCUT2D eigenvalue weighted by atomic mass is 10.2. The Kier molecular flexibility index (Phi) is 5.29. The smallest absolute Gasteiger partial charge is 0.155 e. The largest absolute Gasteiger partial charge is 0.393 e. The molecule has 0 spiro atoms. The summed E-state index contributed by atoms with van der Waals surface area (Å²) >= 11 is 0. The highest BCUT2D eigenvalue weighted by Gasteiger charge is 2.17. The summed E-state index contributed by atoms with van der Waals surface area (Å²) in [4.78, 5) is 10.9. The maximum absolute atomic E-state index is 6.20. The number of nitrogen functional groups attached to an aromatic ring is 1. The second kappa shape index (κ2) is 7.60. The fraction of sp³-hybridized carbons (Fsp3) is 0.733. The van der Waals surface area contributed by atoms with Crippen LogP contribution in [0.25, 0.3) is 0 Å². The van der Waals surface area contributed by atoms with Crippen LogP contribution in [-0.4, -0.2) is 60.3 Å². The molecule has 1 saturated heterocycles. The molecule has 2 aliphatic rings. The molecule has 7 heteroatoms. The molecule has 0 radical (unpaired) electrons. The lowest BCUT2D eigenvalue weighted by molar-refractivity contribution is 0.0398. The third kappa shape index (κ3) is 3.98. The van der Waals surface area contributed by atoms with Crippen molar-refractivity contribution in [1.82, 2.24) is 14.9 Å². The van der Waals surface area contributed by atoms with Gasteiger partial charge in [0.2, 0.25) is 0 Å². The molecule has 2 fully saturated rings. The van der Waals surface area contributed by atoms with Crippen molar-refractivity contribution in [2.45, 2.75) is 31.7 Å². The van der Waals surface area contributed by atoms with Crippen molar-refractivity contribution in [2.75, 3.05) is 55.8 Å². The zero-order valence-corrected chi connectivity index (χ0v) is 13.1. The van der Waals surface area contributed by atoms with E-state index in [0.29, 0.717) is 11.7 Å². The SMILES string of the molecule is Nc1c(NCCN2CCOCC2)ncnc1NC1CCCC1. The van der Waals surface area contributed by atoms with Crippen LogP contribution in [-0.2, 0) is 4.74 Å². The van der Waals surface area contributed by atoms with E-state index >= 15 is 0 Å². The van der Waals surface area contributed by atoms with Gasteiger partial charge in [0.1, 0.15) is 12.0 Å². The van der Waals surface area contributed by atoms with Crippen LogP contribution in [0.3, 0.4) is 0 Å². The molecular weight excluding hydrogens is 280 g/mol. The number of nitrogens with two attached hydrogens (primary N) is 1. The topological polar surface area (TPSA) is 88.3 Å². The normalized spacial score (nSPS) is 20.2. The first-order valence-electron chi connectivity index (χ1n) is 8.24. The predicted octanol–water partition coefficient (Wildman–Crippen LogP) is 1.16. The van der Waals surface area contributed by atoms with Crippen LogP contribution in [0.15, 0.2) is 6.33 Å². The highest BCUT2D eigenvalue weighted by Crippen LogP contribution is 2.27. The van der Waals surface area contributed by atoms with Gasteiger partial charge in [-0.3, -0.25) is 4.90 Å². The molecule has 4 N–H and O–H groups in total. The van der Waals surface area contributed by atoms with Crippen molar-refractivity contribution < 1.29 is 4.74 Å². The lowest BCUT2D eigenvalue weighted by Crippen LogP contribution is -2.39. The first-order chi connectivity index (χ1) is 10.8. The summed E-state index contributed by atoms with van der Waals surface area (Å²) in [6, 6.07) is 0.499. The van der Waals surface area contributed by atoms with Crippen LogP contribution >= 0.6 is 0 Å². The van der Waals surface area contributed by atoms with Gasteiger partial charge in [-0.2, -0.15) is 0 Å². The van der Waals surface area contributed by atoms with Gasteiger partial charge in [0.25, 0.3) is 0 Å². The number of nitrogens with one attached hydrogen (secondary N) is 2. The van der Waals surface area contributed by atoms with E-state index in [-0.39, 0.29) is 0 Å². The molecule has 1 aromatic rings. The number of nitrogens with zero attached hydrogens (tertiary/aromatic N) is 3. The Labute approximate surface area is 131 Å². The molecule has 122 valence electrons. The van der Waals surface area contributed by atoms with E-state index in [2.05, 4.69) is 25.5 Å². The van der Waals surface area contributed by atoms with E-state index in [1.54, 1.807) is 6.33 Å². The van der Waals surface area contributed by atoms with Crippen LogP contribution in [0.5, 0.6) is 0 Å². The summed E-state index contributed by atoms with van der Waals surface area (Å²) in [6.45, 7) is 5.43. The van der Waals surface area contributed by atoms with Gasteiger partial charge in [0.15, 0.2) is 11.6 Å². The molecular formula is C15H26N6O. The van der Waals surface area contributed by atoms with Gasteiger partial charge in [0, 0.05) is 32.2 Å². The molecule has 1 aliphatic carbocycles. The van der Waals surface area contributed by atoms with Crippen LogP contribution < -0.4 is 16.4 Å². The molecule has 3 rings (SSSR count). The third-order valence-corrected chi connectivity index (χ3v) is 4.40. The van der Waals surface area contributed by atoms with E-state index in [1.807, 2.05) is 0 Å². The minimum absolute atomic E-state index is 0.499. The van der Waals surface area contributed by atoms with Crippen molar-refractivity contribution in [3.63, 3.8) is 0 Å². The monoisotopic (exact) mass is 306 g/mol. The number of aromatic nitrogens is 2. The Morgan fingerprint density at radius 2 is 1.91 bits per heavy atom. The molecule has 22 heavy (non-hydrogen) atoms. The Morgan fingerprint density at radius 3 is 2.68 bits per heavy atom. The zero-order valence-electron chi connectivity index (χ0n) is 13.1. The Hall–Kier alpha value is -1.60. The summed E-state index contributed by atoms with van der Waals surface area (Å²) in [7, 11) is 0. The van der Waals surface area contributed by atoms with Gasteiger partial charge in [0.05, 0.1) is 13.2 Å². The van der Waals surface area contributed by atoms with Crippen LogP contribution in [0.4, 0.5) is 17.3 Å². The summed E-state index contributed by atoms with van der Waals surface area (Å²) in [6.07, 6.45) is 6.54. The number of hydrogen-bond acceptors (Lipinski definition) is 7. The highest BCUT2D eigenvalue weighted by molar-refractivity contribution is 5.74. The van der Waals surface area contributed by atoms with Crippen molar-refractivity contribution in [3.8, 4) is 0 Å². The highest BCUT2D eigenvalue weighted by atomic mass is 16.5. The average Bonchev–Trinajstić information content (AvgIpc) is 3.05.